The molecule has 1 atom stereocenters. The Morgan fingerprint density at radius 3 is 2.85 bits per heavy atom. The summed E-state index contributed by atoms with van der Waals surface area (Å²) < 4.78 is 10.4. The van der Waals surface area contributed by atoms with Crippen LogP contribution in [-0.4, -0.2) is 19.5 Å². The van der Waals surface area contributed by atoms with Crippen molar-refractivity contribution in [2.45, 2.75) is 32.8 Å². The fourth-order valence-electron chi connectivity index (χ4n) is 0.827. The molecule has 2 nitrogen and oxygen atoms in total. The van der Waals surface area contributed by atoms with Crippen LogP contribution in [0, 0.1) is 11.8 Å². The molecular weight excluding hydrogens is 164 g/mol. The number of hydrogen-bond donors (Lipinski definition) is 0. The van der Waals surface area contributed by atoms with E-state index in [1.807, 2.05) is 13.8 Å². The van der Waals surface area contributed by atoms with Crippen molar-refractivity contribution in [3.05, 3.63) is 12.7 Å². The van der Waals surface area contributed by atoms with Gasteiger partial charge in [-0.15, -0.1) is 18.4 Å². The zero-order valence-corrected chi connectivity index (χ0v) is 8.51. The van der Waals surface area contributed by atoms with E-state index in [-0.39, 0.29) is 6.10 Å². The lowest BCUT2D eigenvalue weighted by molar-refractivity contribution is -0.0728. The van der Waals surface area contributed by atoms with E-state index in [0.717, 1.165) is 12.8 Å². The molecule has 0 saturated heterocycles. The number of hydrogen-bond acceptors (Lipinski definition) is 2. The summed E-state index contributed by atoms with van der Waals surface area (Å²) in [5, 5.41) is 0. The van der Waals surface area contributed by atoms with Crippen molar-refractivity contribution in [3.63, 3.8) is 0 Å². The standard InChI is InChI=1S/C11H18O2/c1-4-7-8-9-11(5-2)13-10-12-6-3/h5,11H,2,6,8-10H2,1,3H3. The first kappa shape index (κ1) is 12.2. The SMILES string of the molecule is C=CC(CCC#CC)OCOCC. The molecule has 0 aliphatic carbocycles. The molecule has 0 spiro atoms. The molecule has 13 heavy (non-hydrogen) atoms. The lowest BCUT2D eigenvalue weighted by atomic mass is 10.2. The third-order valence-electron chi connectivity index (χ3n) is 1.56. The van der Waals surface area contributed by atoms with Crippen LogP contribution in [0.3, 0.4) is 0 Å². The predicted molar refractivity (Wildman–Crippen MR) is 54.2 cm³/mol. The van der Waals surface area contributed by atoms with E-state index in [0.29, 0.717) is 13.4 Å². The zero-order valence-electron chi connectivity index (χ0n) is 8.51. The molecule has 0 aliphatic rings. The summed E-state index contributed by atoms with van der Waals surface area (Å²) in [7, 11) is 0. The lowest BCUT2D eigenvalue weighted by Gasteiger charge is -2.11. The van der Waals surface area contributed by atoms with E-state index in [1.165, 1.54) is 0 Å². The fourth-order valence-corrected chi connectivity index (χ4v) is 0.827. The monoisotopic (exact) mass is 182 g/mol. The first-order valence-corrected chi connectivity index (χ1v) is 4.56. The molecule has 0 heterocycles. The third-order valence-corrected chi connectivity index (χ3v) is 1.56. The van der Waals surface area contributed by atoms with Crippen molar-refractivity contribution >= 4 is 0 Å². The highest BCUT2D eigenvalue weighted by Gasteiger charge is 2.01. The molecule has 0 aliphatic heterocycles. The molecule has 0 amide bonds. The van der Waals surface area contributed by atoms with Crippen LogP contribution in [0.4, 0.5) is 0 Å². The molecule has 0 fully saturated rings. The Labute approximate surface area is 80.9 Å². The van der Waals surface area contributed by atoms with E-state index < -0.39 is 0 Å². The van der Waals surface area contributed by atoms with Crippen LogP contribution in [0.25, 0.3) is 0 Å². The normalized spacial score (nSPS) is 11.5. The molecular formula is C11H18O2. The van der Waals surface area contributed by atoms with Gasteiger partial charge in [0.15, 0.2) is 0 Å². The van der Waals surface area contributed by atoms with Gasteiger partial charge in [0.05, 0.1) is 6.10 Å². The summed E-state index contributed by atoms with van der Waals surface area (Å²) in [6, 6.07) is 0. The molecule has 0 aromatic carbocycles. The Morgan fingerprint density at radius 1 is 1.54 bits per heavy atom. The van der Waals surface area contributed by atoms with Crippen LogP contribution in [0.1, 0.15) is 26.7 Å². The molecule has 74 valence electrons. The quantitative estimate of drug-likeness (QED) is 0.260. The van der Waals surface area contributed by atoms with E-state index in [4.69, 9.17) is 9.47 Å². The van der Waals surface area contributed by atoms with Gasteiger partial charge >= 0.3 is 0 Å². The van der Waals surface area contributed by atoms with Gasteiger partial charge < -0.3 is 9.47 Å². The Hall–Kier alpha value is -0.780. The van der Waals surface area contributed by atoms with E-state index >= 15 is 0 Å². The molecule has 0 saturated carbocycles. The zero-order chi connectivity index (χ0) is 9.94. The number of rotatable bonds is 7. The van der Waals surface area contributed by atoms with Crippen LogP contribution in [-0.2, 0) is 9.47 Å². The predicted octanol–water partition coefficient (Wildman–Crippen LogP) is 2.36. The molecule has 0 aromatic heterocycles. The van der Waals surface area contributed by atoms with Gasteiger partial charge in [-0.25, -0.2) is 0 Å². The topological polar surface area (TPSA) is 18.5 Å². The highest BCUT2D eigenvalue weighted by atomic mass is 16.7. The van der Waals surface area contributed by atoms with Crippen molar-refractivity contribution in [1.29, 1.82) is 0 Å². The summed E-state index contributed by atoms with van der Waals surface area (Å²) in [5.74, 6) is 5.83. The molecule has 0 bridgehead atoms. The fraction of sp³-hybridized carbons (Fsp3) is 0.636. The van der Waals surface area contributed by atoms with Crippen molar-refractivity contribution in [3.8, 4) is 11.8 Å². The highest BCUT2D eigenvalue weighted by Crippen LogP contribution is 2.02. The van der Waals surface area contributed by atoms with Crippen LogP contribution in [0.5, 0.6) is 0 Å². The lowest BCUT2D eigenvalue weighted by Crippen LogP contribution is -2.12. The Kier molecular flexibility index (Phi) is 8.75. The summed E-state index contributed by atoms with van der Waals surface area (Å²) in [6.07, 6.45) is 3.58. The summed E-state index contributed by atoms with van der Waals surface area (Å²) >= 11 is 0. The molecule has 0 aromatic rings. The highest BCUT2D eigenvalue weighted by molar-refractivity contribution is 4.96. The summed E-state index contributed by atoms with van der Waals surface area (Å²) in [6.45, 7) is 8.49. The van der Waals surface area contributed by atoms with Gasteiger partial charge in [-0.2, -0.15) is 0 Å². The first-order chi connectivity index (χ1) is 6.35. The minimum absolute atomic E-state index is 0.0624. The second-order valence-corrected chi connectivity index (χ2v) is 2.52. The number of ether oxygens (including phenoxy) is 2. The Balaban J connectivity index is 3.48. The molecule has 0 radical (unpaired) electrons. The molecule has 1 unspecified atom stereocenters. The van der Waals surface area contributed by atoms with Gasteiger partial charge in [0.25, 0.3) is 0 Å². The average molecular weight is 182 g/mol. The maximum Gasteiger partial charge on any atom is 0.147 e. The molecule has 0 N–H and O–H groups in total. The first-order valence-electron chi connectivity index (χ1n) is 4.56. The van der Waals surface area contributed by atoms with Crippen molar-refractivity contribution < 1.29 is 9.47 Å². The third kappa shape index (κ3) is 7.58. The van der Waals surface area contributed by atoms with Crippen molar-refractivity contribution in [2.75, 3.05) is 13.4 Å². The van der Waals surface area contributed by atoms with E-state index in [1.54, 1.807) is 6.08 Å². The second-order valence-electron chi connectivity index (χ2n) is 2.52. The van der Waals surface area contributed by atoms with Gasteiger partial charge in [0.2, 0.25) is 0 Å². The van der Waals surface area contributed by atoms with Gasteiger partial charge in [-0.3, -0.25) is 0 Å². The molecule has 2 heteroatoms. The van der Waals surface area contributed by atoms with Crippen LogP contribution in [0.2, 0.25) is 0 Å². The van der Waals surface area contributed by atoms with E-state index in [9.17, 15) is 0 Å². The smallest absolute Gasteiger partial charge is 0.147 e. The second kappa shape index (κ2) is 9.31. The minimum atomic E-state index is 0.0624. The van der Waals surface area contributed by atoms with E-state index in [2.05, 4.69) is 18.4 Å². The van der Waals surface area contributed by atoms with Crippen molar-refractivity contribution in [1.82, 2.24) is 0 Å². The summed E-state index contributed by atoms with van der Waals surface area (Å²) in [4.78, 5) is 0. The van der Waals surface area contributed by atoms with Gasteiger partial charge in [-0.05, 0) is 20.3 Å². The van der Waals surface area contributed by atoms with Gasteiger partial charge in [0.1, 0.15) is 6.79 Å². The van der Waals surface area contributed by atoms with Gasteiger partial charge in [0, 0.05) is 13.0 Å². The van der Waals surface area contributed by atoms with Crippen LogP contribution < -0.4 is 0 Å². The minimum Gasteiger partial charge on any atom is -0.356 e. The summed E-state index contributed by atoms with van der Waals surface area (Å²) in [5.41, 5.74) is 0. The van der Waals surface area contributed by atoms with Crippen molar-refractivity contribution in [2.24, 2.45) is 0 Å². The maximum atomic E-state index is 5.37. The van der Waals surface area contributed by atoms with Crippen LogP contribution >= 0.6 is 0 Å². The van der Waals surface area contributed by atoms with Gasteiger partial charge in [-0.1, -0.05) is 6.08 Å². The Bertz CT molecular complexity index is 176. The molecule has 0 rings (SSSR count). The van der Waals surface area contributed by atoms with Crippen LogP contribution in [0.15, 0.2) is 12.7 Å². The largest absolute Gasteiger partial charge is 0.356 e. The maximum absolute atomic E-state index is 5.37. The average Bonchev–Trinajstić information content (AvgIpc) is 2.16. The Morgan fingerprint density at radius 2 is 2.31 bits per heavy atom.